The van der Waals surface area contributed by atoms with Crippen molar-refractivity contribution in [3.05, 3.63) is 46.6 Å². The second-order valence-electron chi connectivity index (χ2n) is 4.76. The highest BCUT2D eigenvalue weighted by Gasteiger charge is 2.19. The quantitative estimate of drug-likeness (QED) is 0.660. The first-order valence-corrected chi connectivity index (χ1v) is 6.98. The maximum atomic E-state index is 13.2. The van der Waals surface area contributed by atoms with Crippen LogP contribution in [-0.4, -0.2) is 9.38 Å². The summed E-state index contributed by atoms with van der Waals surface area (Å²) in [5.74, 6) is -1.15. The molecule has 2 heterocycles. The van der Waals surface area contributed by atoms with Crippen LogP contribution in [0.2, 0.25) is 0 Å². The third-order valence-corrected chi connectivity index (χ3v) is 4.63. The molecule has 3 aromatic rings. The molecule has 2 nitrogen and oxygen atoms in total. The van der Waals surface area contributed by atoms with E-state index in [1.54, 1.807) is 11.3 Å². The highest BCUT2D eigenvalue weighted by molar-refractivity contribution is 7.17. The van der Waals surface area contributed by atoms with Crippen LogP contribution in [-0.2, 0) is 12.8 Å². The Morgan fingerprint density at radius 2 is 1.89 bits per heavy atom. The summed E-state index contributed by atoms with van der Waals surface area (Å²) in [4.78, 5) is 6.77. The molecule has 1 aromatic carbocycles. The summed E-state index contributed by atoms with van der Waals surface area (Å²) >= 11 is 1.67. The van der Waals surface area contributed by atoms with Gasteiger partial charge in [-0.2, -0.15) is 0 Å². The molecule has 96 valence electrons. The molecule has 1 aliphatic rings. The Morgan fingerprint density at radius 3 is 2.68 bits per heavy atom. The van der Waals surface area contributed by atoms with Crippen LogP contribution in [0.25, 0.3) is 16.2 Å². The number of fused-ring (bicyclic) bond motifs is 3. The summed E-state index contributed by atoms with van der Waals surface area (Å²) in [5, 5.41) is 0. The van der Waals surface area contributed by atoms with Crippen LogP contribution in [0.3, 0.4) is 0 Å². The lowest BCUT2D eigenvalue weighted by Crippen LogP contribution is -1.86. The first kappa shape index (κ1) is 11.1. The van der Waals surface area contributed by atoms with E-state index in [-0.39, 0.29) is 0 Å². The minimum Gasteiger partial charge on any atom is -0.294 e. The molecule has 0 fully saturated rings. The van der Waals surface area contributed by atoms with Crippen molar-refractivity contribution < 1.29 is 8.78 Å². The van der Waals surface area contributed by atoms with Gasteiger partial charge in [-0.25, -0.2) is 13.8 Å². The zero-order chi connectivity index (χ0) is 13.0. The molecule has 1 aliphatic carbocycles. The number of aryl methyl sites for hydroxylation is 2. The van der Waals surface area contributed by atoms with Crippen LogP contribution < -0.4 is 0 Å². The summed E-state index contributed by atoms with van der Waals surface area (Å²) in [6.45, 7) is 0. The number of rotatable bonds is 1. The Hall–Kier alpha value is -1.75. The van der Waals surface area contributed by atoms with Crippen molar-refractivity contribution in [2.45, 2.75) is 19.3 Å². The van der Waals surface area contributed by atoms with Crippen molar-refractivity contribution in [3.63, 3.8) is 0 Å². The zero-order valence-electron chi connectivity index (χ0n) is 9.99. The summed E-state index contributed by atoms with van der Waals surface area (Å²) in [7, 11) is 0. The van der Waals surface area contributed by atoms with Gasteiger partial charge in [-0.15, -0.1) is 11.3 Å². The molecule has 0 N–H and O–H groups in total. The predicted molar refractivity (Wildman–Crippen MR) is 70.4 cm³/mol. The van der Waals surface area contributed by atoms with Crippen LogP contribution in [0.5, 0.6) is 0 Å². The van der Waals surface area contributed by atoms with Crippen molar-refractivity contribution in [2.75, 3.05) is 0 Å². The van der Waals surface area contributed by atoms with Gasteiger partial charge < -0.3 is 0 Å². The number of benzene rings is 1. The van der Waals surface area contributed by atoms with Crippen LogP contribution in [0.1, 0.15) is 17.0 Å². The molecule has 4 rings (SSSR count). The number of thiazole rings is 1. The van der Waals surface area contributed by atoms with Gasteiger partial charge in [-0.05, 0) is 31.4 Å². The summed E-state index contributed by atoms with van der Waals surface area (Å²) < 4.78 is 28.5. The van der Waals surface area contributed by atoms with Crippen molar-refractivity contribution in [3.8, 4) is 11.3 Å². The molecule has 19 heavy (non-hydrogen) atoms. The van der Waals surface area contributed by atoms with Crippen LogP contribution in [0, 0.1) is 11.6 Å². The van der Waals surface area contributed by atoms with Gasteiger partial charge in [0, 0.05) is 28.4 Å². The predicted octanol–water partition coefficient (Wildman–Crippen LogP) is 3.83. The molecular weight excluding hydrogens is 266 g/mol. The standard InChI is InChI=1S/C14H10F2N2S/c15-9-4-8(5-10(16)6-9)11-7-18-12-2-1-3-13(12)19-14(18)17-11/h4-7H,1-3H2. The number of hydrogen-bond donors (Lipinski definition) is 0. The zero-order valence-corrected chi connectivity index (χ0v) is 10.8. The van der Waals surface area contributed by atoms with Gasteiger partial charge in [-0.1, -0.05) is 0 Å². The number of nitrogens with zero attached hydrogens (tertiary/aromatic N) is 2. The summed E-state index contributed by atoms with van der Waals surface area (Å²) in [6.07, 6.45) is 5.24. The van der Waals surface area contributed by atoms with Crippen molar-refractivity contribution >= 4 is 16.3 Å². The molecule has 0 unspecified atom stereocenters. The van der Waals surface area contributed by atoms with Crippen LogP contribution in [0.15, 0.2) is 24.4 Å². The highest BCUT2D eigenvalue weighted by Crippen LogP contribution is 2.33. The normalized spacial score (nSPS) is 14.2. The first-order chi connectivity index (χ1) is 9.20. The van der Waals surface area contributed by atoms with Gasteiger partial charge in [0.05, 0.1) is 5.69 Å². The lowest BCUT2D eigenvalue weighted by Gasteiger charge is -1.97. The van der Waals surface area contributed by atoms with Gasteiger partial charge in [0.1, 0.15) is 11.6 Å². The molecule has 0 aliphatic heterocycles. The average Bonchev–Trinajstić information content (AvgIpc) is 2.97. The number of aromatic nitrogens is 2. The van der Waals surface area contributed by atoms with E-state index in [0.29, 0.717) is 11.3 Å². The van der Waals surface area contributed by atoms with Gasteiger partial charge >= 0.3 is 0 Å². The third kappa shape index (κ3) is 1.69. The van der Waals surface area contributed by atoms with Crippen molar-refractivity contribution in [2.24, 2.45) is 0 Å². The Balaban J connectivity index is 1.89. The third-order valence-electron chi connectivity index (χ3n) is 3.48. The van der Waals surface area contributed by atoms with E-state index in [1.165, 1.54) is 29.1 Å². The van der Waals surface area contributed by atoms with E-state index in [2.05, 4.69) is 9.38 Å². The SMILES string of the molecule is Fc1cc(F)cc(-c2cn3c4c(sc3n2)CCC4)c1. The molecule has 0 spiro atoms. The number of halogens is 2. The fraction of sp³-hybridized carbons (Fsp3) is 0.214. The average molecular weight is 276 g/mol. The van der Waals surface area contributed by atoms with E-state index < -0.39 is 11.6 Å². The highest BCUT2D eigenvalue weighted by atomic mass is 32.1. The molecule has 0 atom stereocenters. The minimum absolute atomic E-state index is 0.486. The smallest absolute Gasteiger partial charge is 0.194 e. The topological polar surface area (TPSA) is 17.3 Å². The summed E-state index contributed by atoms with van der Waals surface area (Å²) in [6, 6.07) is 3.51. The second-order valence-corrected chi connectivity index (χ2v) is 5.82. The van der Waals surface area contributed by atoms with Crippen LogP contribution in [0.4, 0.5) is 8.78 Å². The number of hydrogen-bond acceptors (Lipinski definition) is 2. The second kappa shape index (κ2) is 3.87. The lowest BCUT2D eigenvalue weighted by molar-refractivity contribution is 0.584. The van der Waals surface area contributed by atoms with E-state index >= 15 is 0 Å². The van der Waals surface area contributed by atoms with E-state index in [0.717, 1.165) is 23.9 Å². The van der Waals surface area contributed by atoms with Crippen molar-refractivity contribution in [1.82, 2.24) is 9.38 Å². The van der Waals surface area contributed by atoms with Gasteiger partial charge in [-0.3, -0.25) is 4.40 Å². The Morgan fingerprint density at radius 1 is 1.11 bits per heavy atom. The Kier molecular flexibility index (Phi) is 2.26. The van der Waals surface area contributed by atoms with Crippen molar-refractivity contribution in [1.29, 1.82) is 0 Å². The monoisotopic (exact) mass is 276 g/mol. The Bertz CT molecular complexity index is 768. The molecule has 0 bridgehead atoms. The Labute approximate surface area is 112 Å². The minimum atomic E-state index is -0.573. The first-order valence-electron chi connectivity index (χ1n) is 6.17. The molecule has 0 saturated heterocycles. The largest absolute Gasteiger partial charge is 0.294 e. The van der Waals surface area contributed by atoms with E-state index in [9.17, 15) is 8.78 Å². The number of imidazole rings is 1. The van der Waals surface area contributed by atoms with E-state index in [4.69, 9.17) is 0 Å². The van der Waals surface area contributed by atoms with Gasteiger partial charge in [0.15, 0.2) is 4.96 Å². The molecule has 2 aromatic heterocycles. The van der Waals surface area contributed by atoms with Gasteiger partial charge in [0.2, 0.25) is 0 Å². The molecule has 5 heteroatoms. The van der Waals surface area contributed by atoms with E-state index in [1.807, 2.05) is 6.20 Å². The summed E-state index contributed by atoms with van der Waals surface area (Å²) in [5.41, 5.74) is 2.41. The molecule has 0 amide bonds. The molecule has 0 radical (unpaired) electrons. The fourth-order valence-electron chi connectivity index (χ4n) is 2.64. The molecule has 0 saturated carbocycles. The van der Waals surface area contributed by atoms with Gasteiger partial charge in [0.25, 0.3) is 0 Å². The lowest BCUT2D eigenvalue weighted by atomic mass is 10.1. The fourth-order valence-corrected chi connectivity index (χ4v) is 3.83. The maximum absolute atomic E-state index is 13.2. The maximum Gasteiger partial charge on any atom is 0.194 e. The molecular formula is C14H10F2N2S. The van der Waals surface area contributed by atoms with Crippen LogP contribution >= 0.6 is 11.3 Å².